The van der Waals surface area contributed by atoms with Crippen molar-refractivity contribution in [2.45, 2.75) is 19.4 Å². The second-order valence-corrected chi connectivity index (χ2v) is 4.78. The highest BCUT2D eigenvalue weighted by Gasteiger charge is 2.17. The first kappa shape index (κ1) is 12.7. The van der Waals surface area contributed by atoms with Crippen molar-refractivity contribution < 1.29 is 9.47 Å². The summed E-state index contributed by atoms with van der Waals surface area (Å²) < 4.78 is 10.9. The van der Waals surface area contributed by atoms with Gasteiger partial charge in [0, 0.05) is 17.6 Å². The van der Waals surface area contributed by atoms with E-state index in [1.165, 1.54) is 0 Å². The molecule has 1 unspecified atom stereocenters. The van der Waals surface area contributed by atoms with Gasteiger partial charge in [0.15, 0.2) is 0 Å². The van der Waals surface area contributed by atoms with E-state index in [4.69, 9.17) is 21.1 Å². The van der Waals surface area contributed by atoms with Gasteiger partial charge in [-0.3, -0.25) is 0 Å². The van der Waals surface area contributed by atoms with Crippen LogP contribution in [0.1, 0.15) is 11.1 Å². The summed E-state index contributed by atoms with van der Waals surface area (Å²) in [6.45, 7) is 4.46. The fraction of sp³-hybridized carbons (Fsp3) is 0.538. The standard InChI is InChI=1S/C13H18ClNO2/c1-9-5-11(14)6-10(13(9)16-2)7-12-8-17-4-3-15-12/h5-6,12,15H,3-4,7-8H2,1-2H3. The average Bonchev–Trinajstić information content (AvgIpc) is 2.30. The molecule has 4 heteroatoms. The van der Waals surface area contributed by atoms with Crippen LogP contribution in [0.25, 0.3) is 0 Å². The number of morpholine rings is 1. The molecule has 1 aliphatic rings. The van der Waals surface area contributed by atoms with Crippen LogP contribution in [-0.2, 0) is 11.2 Å². The third kappa shape index (κ3) is 3.12. The molecular formula is C13H18ClNO2. The smallest absolute Gasteiger partial charge is 0.125 e. The molecule has 1 atom stereocenters. The number of methoxy groups -OCH3 is 1. The lowest BCUT2D eigenvalue weighted by Crippen LogP contribution is -2.42. The van der Waals surface area contributed by atoms with Crippen molar-refractivity contribution in [2.75, 3.05) is 26.9 Å². The number of hydrogen-bond acceptors (Lipinski definition) is 3. The molecule has 3 nitrogen and oxygen atoms in total. The molecule has 0 saturated carbocycles. The number of halogens is 1. The van der Waals surface area contributed by atoms with Crippen LogP contribution in [0.5, 0.6) is 5.75 Å². The van der Waals surface area contributed by atoms with E-state index in [9.17, 15) is 0 Å². The fourth-order valence-corrected chi connectivity index (χ4v) is 2.55. The highest BCUT2D eigenvalue weighted by atomic mass is 35.5. The molecule has 0 amide bonds. The molecule has 0 aliphatic carbocycles. The summed E-state index contributed by atoms with van der Waals surface area (Å²) in [5.41, 5.74) is 2.22. The highest BCUT2D eigenvalue weighted by molar-refractivity contribution is 6.30. The number of ether oxygens (including phenoxy) is 2. The van der Waals surface area contributed by atoms with Crippen LogP contribution >= 0.6 is 11.6 Å². The van der Waals surface area contributed by atoms with E-state index in [0.29, 0.717) is 6.04 Å². The lowest BCUT2D eigenvalue weighted by atomic mass is 10.0. The van der Waals surface area contributed by atoms with Crippen molar-refractivity contribution >= 4 is 11.6 Å². The Labute approximate surface area is 107 Å². The second kappa shape index (κ2) is 5.71. The Bertz CT molecular complexity index is 389. The minimum absolute atomic E-state index is 0.343. The molecule has 0 radical (unpaired) electrons. The molecular weight excluding hydrogens is 238 g/mol. The van der Waals surface area contributed by atoms with Crippen LogP contribution < -0.4 is 10.1 Å². The van der Waals surface area contributed by atoms with Crippen LogP contribution in [0.15, 0.2) is 12.1 Å². The zero-order valence-corrected chi connectivity index (χ0v) is 11.0. The molecule has 1 aromatic rings. The van der Waals surface area contributed by atoms with E-state index in [1.807, 2.05) is 19.1 Å². The maximum absolute atomic E-state index is 6.09. The summed E-state index contributed by atoms with van der Waals surface area (Å²) in [7, 11) is 1.70. The Kier molecular flexibility index (Phi) is 4.26. The Morgan fingerprint density at radius 3 is 3.00 bits per heavy atom. The van der Waals surface area contributed by atoms with Crippen LogP contribution in [-0.4, -0.2) is 32.9 Å². The van der Waals surface area contributed by atoms with Gasteiger partial charge in [0.1, 0.15) is 5.75 Å². The van der Waals surface area contributed by atoms with Gasteiger partial charge in [-0.2, -0.15) is 0 Å². The first-order valence-corrected chi connectivity index (χ1v) is 6.22. The lowest BCUT2D eigenvalue weighted by Gasteiger charge is -2.25. The lowest BCUT2D eigenvalue weighted by molar-refractivity contribution is 0.0768. The van der Waals surface area contributed by atoms with Gasteiger partial charge in [-0.15, -0.1) is 0 Å². The molecule has 1 aromatic carbocycles. The van der Waals surface area contributed by atoms with Crippen LogP contribution in [0, 0.1) is 6.92 Å². The molecule has 94 valence electrons. The zero-order chi connectivity index (χ0) is 12.3. The van der Waals surface area contributed by atoms with Crippen molar-refractivity contribution in [2.24, 2.45) is 0 Å². The molecule has 1 saturated heterocycles. The van der Waals surface area contributed by atoms with Gasteiger partial charge in [0.05, 0.1) is 20.3 Å². The van der Waals surface area contributed by atoms with Crippen molar-refractivity contribution in [1.82, 2.24) is 5.32 Å². The van der Waals surface area contributed by atoms with E-state index in [-0.39, 0.29) is 0 Å². The molecule has 1 heterocycles. The normalized spacial score (nSPS) is 20.3. The Morgan fingerprint density at radius 1 is 1.53 bits per heavy atom. The minimum atomic E-state index is 0.343. The monoisotopic (exact) mass is 255 g/mol. The molecule has 1 fully saturated rings. The van der Waals surface area contributed by atoms with E-state index < -0.39 is 0 Å². The van der Waals surface area contributed by atoms with Crippen LogP contribution in [0.3, 0.4) is 0 Å². The van der Waals surface area contributed by atoms with Crippen LogP contribution in [0.2, 0.25) is 5.02 Å². The van der Waals surface area contributed by atoms with Crippen molar-refractivity contribution in [3.05, 3.63) is 28.3 Å². The maximum Gasteiger partial charge on any atom is 0.125 e. The van der Waals surface area contributed by atoms with Gasteiger partial charge in [0.25, 0.3) is 0 Å². The summed E-state index contributed by atoms with van der Waals surface area (Å²) in [6.07, 6.45) is 0.880. The maximum atomic E-state index is 6.09. The Balaban J connectivity index is 2.18. The Hall–Kier alpha value is -0.770. The summed E-state index contributed by atoms with van der Waals surface area (Å²) in [4.78, 5) is 0. The van der Waals surface area contributed by atoms with Crippen LogP contribution in [0.4, 0.5) is 0 Å². The third-order valence-electron chi connectivity index (χ3n) is 2.99. The third-order valence-corrected chi connectivity index (χ3v) is 3.20. The summed E-state index contributed by atoms with van der Waals surface area (Å²) in [6, 6.07) is 4.24. The quantitative estimate of drug-likeness (QED) is 0.898. The minimum Gasteiger partial charge on any atom is -0.496 e. The van der Waals surface area contributed by atoms with Gasteiger partial charge < -0.3 is 14.8 Å². The predicted octanol–water partition coefficient (Wildman–Crippen LogP) is 2.19. The predicted molar refractivity (Wildman–Crippen MR) is 69.1 cm³/mol. The first-order chi connectivity index (χ1) is 8.20. The van der Waals surface area contributed by atoms with E-state index in [0.717, 1.165) is 48.1 Å². The van der Waals surface area contributed by atoms with Gasteiger partial charge >= 0.3 is 0 Å². The van der Waals surface area contributed by atoms with E-state index in [2.05, 4.69) is 5.32 Å². The molecule has 0 spiro atoms. The van der Waals surface area contributed by atoms with E-state index >= 15 is 0 Å². The first-order valence-electron chi connectivity index (χ1n) is 5.85. The number of aryl methyl sites for hydroxylation is 1. The van der Waals surface area contributed by atoms with Crippen molar-refractivity contribution in [3.63, 3.8) is 0 Å². The zero-order valence-electron chi connectivity index (χ0n) is 10.3. The summed E-state index contributed by atoms with van der Waals surface area (Å²) >= 11 is 6.09. The second-order valence-electron chi connectivity index (χ2n) is 4.35. The molecule has 1 N–H and O–H groups in total. The number of rotatable bonds is 3. The number of hydrogen-bond donors (Lipinski definition) is 1. The fourth-order valence-electron chi connectivity index (χ4n) is 2.26. The number of benzene rings is 1. The largest absolute Gasteiger partial charge is 0.496 e. The Morgan fingerprint density at radius 2 is 2.35 bits per heavy atom. The van der Waals surface area contributed by atoms with Crippen molar-refractivity contribution in [3.8, 4) is 5.75 Å². The molecule has 0 bridgehead atoms. The van der Waals surface area contributed by atoms with Crippen molar-refractivity contribution in [1.29, 1.82) is 0 Å². The average molecular weight is 256 g/mol. The van der Waals surface area contributed by atoms with Gasteiger partial charge in [0.2, 0.25) is 0 Å². The topological polar surface area (TPSA) is 30.5 Å². The molecule has 17 heavy (non-hydrogen) atoms. The summed E-state index contributed by atoms with van der Waals surface area (Å²) in [5, 5.41) is 4.19. The molecule has 0 aromatic heterocycles. The molecule has 2 rings (SSSR count). The van der Waals surface area contributed by atoms with Gasteiger partial charge in [-0.25, -0.2) is 0 Å². The van der Waals surface area contributed by atoms with E-state index in [1.54, 1.807) is 7.11 Å². The number of nitrogens with one attached hydrogen (secondary N) is 1. The highest BCUT2D eigenvalue weighted by Crippen LogP contribution is 2.28. The van der Waals surface area contributed by atoms with Gasteiger partial charge in [-0.1, -0.05) is 11.6 Å². The SMILES string of the molecule is COc1c(C)cc(Cl)cc1CC1COCCN1. The summed E-state index contributed by atoms with van der Waals surface area (Å²) in [5.74, 6) is 0.932. The molecule has 1 aliphatic heterocycles. The van der Waals surface area contributed by atoms with Gasteiger partial charge in [-0.05, 0) is 36.6 Å².